The fourth-order valence-corrected chi connectivity index (χ4v) is 5.53. The van der Waals surface area contributed by atoms with Gasteiger partial charge in [-0.1, -0.05) is 54.7 Å². The van der Waals surface area contributed by atoms with Gasteiger partial charge in [0.05, 0.1) is 6.10 Å². The average molecular weight is 465 g/mol. The molecule has 6 atom stereocenters. The number of allylic oxidation sites excluding steroid dienone is 8. The maximum absolute atomic E-state index is 12.7. The number of amides is 2. The summed E-state index contributed by atoms with van der Waals surface area (Å²) in [5, 5.41) is 26.0. The second-order valence-electron chi connectivity index (χ2n) is 9.45. The van der Waals surface area contributed by atoms with Crippen LogP contribution in [0.1, 0.15) is 32.1 Å². The Labute approximate surface area is 199 Å². The van der Waals surface area contributed by atoms with Crippen molar-refractivity contribution in [3.05, 3.63) is 72.1 Å². The minimum atomic E-state index is -1.13. The zero-order valence-electron chi connectivity index (χ0n) is 19.2. The highest BCUT2D eigenvalue weighted by Gasteiger charge is 2.43. The molecule has 0 saturated heterocycles. The quantitative estimate of drug-likeness (QED) is 0.325. The molecule has 0 unspecified atom stereocenters. The summed E-state index contributed by atoms with van der Waals surface area (Å²) in [6.07, 6.45) is 17.1. The highest BCUT2D eigenvalue weighted by Crippen LogP contribution is 2.51. The van der Waals surface area contributed by atoms with Gasteiger partial charge in [0.15, 0.2) is 5.78 Å². The number of aliphatic hydroxyl groups is 2. The Bertz CT molecular complexity index is 1020. The van der Waals surface area contributed by atoms with Crippen molar-refractivity contribution >= 4 is 17.6 Å². The van der Waals surface area contributed by atoms with Gasteiger partial charge in [-0.15, -0.1) is 0 Å². The predicted molar refractivity (Wildman–Crippen MR) is 128 cm³/mol. The number of fused-ring (bicyclic) bond motifs is 4. The second-order valence-corrected chi connectivity index (χ2v) is 9.45. The Balaban J connectivity index is 1.53. The first-order chi connectivity index (χ1) is 16.4. The number of Topliss-reactive ketones (excluding diaryl/α,β-unsaturated/α-hetero) is 1. The lowest BCUT2D eigenvalue weighted by Gasteiger charge is -2.19. The normalized spacial score (nSPS) is 37.6. The number of rotatable bonds is 0. The molecule has 4 aliphatic rings. The van der Waals surface area contributed by atoms with E-state index >= 15 is 0 Å². The van der Waals surface area contributed by atoms with Crippen LogP contribution >= 0.6 is 0 Å². The summed E-state index contributed by atoms with van der Waals surface area (Å²) in [5.74, 6) is -0.214. The SMILES string of the molecule is C=C1C=C[C@@H]2[C@H]3C/C=C\C=C\C(=O)NCC[C@H](O)[C@@H]4NC(=O)C(=C4O)C(=O)CC/C=C/[C@@H]3C[C@H]12. The molecule has 7 nitrogen and oxygen atoms in total. The molecule has 2 heterocycles. The molecule has 0 aromatic rings. The van der Waals surface area contributed by atoms with E-state index in [1.165, 1.54) is 11.6 Å². The maximum atomic E-state index is 12.7. The van der Waals surface area contributed by atoms with Crippen LogP contribution in [0, 0.1) is 23.7 Å². The third-order valence-corrected chi connectivity index (χ3v) is 7.34. The van der Waals surface area contributed by atoms with Gasteiger partial charge in [-0.25, -0.2) is 0 Å². The summed E-state index contributed by atoms with van der Waals surface area (Å²) in [6, 6.07) is -1.05. The molecular weight excluding hydrogens is 432 g/mol. The second kappa shape index (κ2) is 10.4. The minimum absolute atomic E-state index is 0.101. The number of ketones is 1. The molecule has 34 heavy (non-hydrogen) atoms. The Kier molecular flexibility index (Phi) is 7.32. The van der Waals surface area contributed by atoms with E-state index in [0.717, 1.165) is 12.8 Å². The molecule has 2 aliphatic heterocycles. The van der Waals surface area contributed by atoms with E-state index in [9.17, 15) is 24.6 Å². The summed E-state index contributed by atoms with van der Waals surface area (Å²) < 4.78 is 0. The Hall–Kier alpha value is -3.19. The topological polar surface area (TPSA) is 116 Å². The molecule has 7 heteroatoms. The highest BCUT2D eigenvalue weighted by atomic mass is 16.3. The van der Waals surface area contributed by atoms with E-state index in [-0.39, 0.29) is 30.9 Å². The van der Waals surface area contributed by atoms with Crippen LogP contribution in [0.3, 0.4) is 0 Å². The van der Waals surface area contributed by atoms with Crippen LogP contribution in [0.2, 0.25) is 0 Å². The lowest BCUT2D eigenvalue weighted by atomic mass is 9.85. The predicted octanol–water partition coefficient (Wildman–Crippen LogP) is 2.58. The summed E-state index contributed by atoms with van der Waals surface area (Å²) in [4.78, 5) is 37.0. The Morgan fingerprint density at radius 3 is 2.71 bits per heavy atom. The summed E-state index contributed by atoms with van der Waals surface area (Å²) in [6.45, 7) is 4.35. The molecule has 0 spiro atoms. The molecule has 4 N–H and O–H groups in total. The number of hydrogen-bond acceptors (Lipinski definition) is 5. The Morgan fingerprint density at radius 2 is 1.88 bits per heavy atom. The van der Waals surface area contributed by atoms with Crippen molar-refractivity contribution in [2.45, 2.75) is 44.2 Å². The molecule has 4 rings (SSSR count). The van der Waals surface area contributed by atoms with Gasteiger partial charge in [0.2, 0.25) is 5.91 Å². The molecule has 1 saturated carbocycles. The van der Waals surface area contributed by atoms with E-state index in [2.05, 4.69) is 41.5 Å². The van der Waals surface area contributed by atoms with Crippen molar-refractivity contribution in [2.24, 2.45) is 23.7 Å². The van der Waals surface area contributed by atoms with Gasteiger partial charge in [0, 0.05) is 19.0 Å². The zero-order chi connectivity index (χ0) is 24.2. The van der Waals surface area contributed by atoms with Crippen molar-refractivity contribution in [2.75, 3.05) is 6.54 Å². The van der Waals surface area contributed by atoms with Crippen molar-refractivity contribution in [1.82, 2.24) is 10.6 Å². The summed E-state index contributed by atoms with van der Waals surface area (Å²) in [5.41, 5.74) is 0.886. The number of aliphatic hydroxyl groups excluding tert-OH is 2. The molecular formula is C27H32N2O5. The first kappa shape index (κ1) is 24.0. The molecule has 0 radical (unpaired) electrons. The lowest BCUT2D eigenvalue weighted by molar-refractivity contribution is -0.122. The summed E-state index contributed by atoms with van der Waals surface area (Å²) >= 11 is 0. The Morgan fingerprint density at radius 1 is 1.06 bits per heavy atom. The van der Waals surface area contributed by atoms with Crippen molar-refractivity contribution in [1.29, 1.82) is 0 Å². The maximum Gasteiger partial charge on any atom is 0.259 e. The first-order valence-electron chi connectivity index (χ1n) is 12.0. The van der Waals surface area contributed by atoms with Crippen LogP contribution in [0.5, 0.6) is 0 Å². The fourth-order valence-electron chi connectivity index (χ4n) is 5.53. The number of carbonyl (C=O) groups excluding carboxylic acids is 3. The van der Waals surface area contributed by atoms with E-state index < -0.39 is 29.6 Å². The minimum Gasteiger partial charge on any atom is -0.509 e. The molecule has 180 valence electrons. The van der Waals surface area contributed by atoms with E-state index in [4.69, 9.17) is 0 Å². The van der Waals surface area contributed by atoms with Gasteiger partial charge >= 0.3 is 0 Å². The van der Waals surface area contributed by atoms with Crippen LogP contribution in [0.4, 0.5) is 0 Å². The van der Waals surface area contributed by atoms with Crippen molar-refractivity contribution in [3.8, 4) is 0 Å². The zero-order valence-corrected chi connectivity index (χ0v) is 19.2. The fraction of sp³-hybridized carbons (Fsp3) is 0.444. The molecule has 2 bridgehead atoms. The van der Waals surface area contributed by atoms with Gasteiger partial charge in [-0.05, 0) is 49.4 Å². The molecule has 1 fully saturated rings. The van der Waals surface area contributed by atoms with Gasteiger partial charge in [0.25, 0.3) is 5.91 Å². The van der Waals surface area contributed by atoms with Gasteiger partial charge < -0.3 is 20.8 Å². The van der Waals surface area contributed by atoms with Gasteiger partial charge in [-0.2, -0.15) is 0 Å². The lowest BCUT2D eigenvalue weighted by Crippen LogP contribution is -2.41. The van der Waals surface area contributed by atoms with E-state index in [0.29, 0.717) is 30.1 Å². The molecule has 2 amide bonds. The molecule has 2 aliphatic carbocycles. The van der Waals surface area contributed by atoms with E-state index in [1.54, 1.807) is 6.08 Å². The average Bonchev–Trinajstić information content (AvgIpc) is 3.43. The van der Waals surface area contributed by atoms with E-state index in [1.807, 2.05) is 12.2 Å². The van der Waals surface area contributed by atoms with Crippen LogP contribution in [-0.4, -0.2) is 46.5 Å². The third-order valence-electron chi connectivity index (χ3n) is 7.34. The number of nitrogens with one attached hydrogen (secondary N) is 2. The highest BCUT2D eigenvalue weighted by molar-refractivity contribution is 6.21. The summed E-state index contributed by atoms with van der Waals surface area (Å²) in [7, 11) is 0. The molecule has 0 aromatic carbocycles. The van der Waals surface area contributed by atoms with Crippen molar-refractivity contribution < 1.29 is 24.6 Å². The number of hydrogen-bond donors (Lipinski definition) is 4. The van der Waals surface area contributed by atoms with Crippen LogP contribution in [-0.2, 0) is 14.4 Å². The number of carbonyl (C=O) groups is 3. The largest absolute Gasteiger partial charge is 0.509 e. The van der Waals surface area contributed by atoms with Gasteiger partial charge in [0.1, 0.15) is 17.4 Å². The molecule has 0 aromatic heterocycles. The van der Waals surface area contributed by atoms with Crippen LogP contribution < -0.4 is 10.6 Å². The smallest absolute Gasteiger partial charge is 0.259 e. The van der Waals surface area contributed by atoms with Gasteiger partial charge in [-0.3, -0.25) is 14.4 Å². The third kappa shape index (κ3) is 4.99. The van der Waals surface area contributed by atoms with Crippen molar-refractivity contribution in [3.63, 3.8) is 0 Å². The van der Waals surface area contributed by atoms with Crippen LogP contribution in [0.15, 0.2) is 72.1 Å². The van der Waals surface area contributed by atoms with Crippen LogP contribution in [0.25, 0.3) is 0 Å². The first-order valence-corrected chi connectivity index (χ1v) is 12.0. The monoisotopic (exact) mass is 464 g/mol. The standard InChI is InChI=1S/C27H32N2O5/c1-16-11-12-19-18-8-3-2-4-10-23(32)28-14-13-22(31)25-26(33)24(27(34)29-25)21(30)9-6-5-7-17(18)15-20(16)19/h2-5,7,10-12,17-20,22,25,31,33H,1,6,8-9,13-15H2,(H,28,32)(H,29,34)/b3-2-,7-5+,10-4+/t17-,18+,19-,20-,22+,25+/m1/s1.